The number of allylic oxidation sites excluding steroid dienone is 12. The largest absolute Gasteiger partial charge is 0.462 e. The zero-order valence-electron chi connectivity index (χ0n) is 43.4. The summed E-state index contributed by atoms with van der Waals surface area (Å²) < 4.78 is 16.7. The number of ether oxygens (including phenoxy) is 3. The van der Waals surface area contributed by atoms with Gasteiger partial charge in [0.15, 0.2) is 6.10 Å². The van der Waals surface area contributed by atoms with Crippen LogP contribution in [0.25, 0.3) is 0 Å². The molecule has 0 saturated heterocycles. The molecular weight excluding hydrogens is 817 g/mol. The summed E-state index contributed by atoms with van der Waals surface area (Å²) in [5.74, 6) is -0.892. The molecule has 380 valence electrons. The number of carbonyl (C=O) groups is 3. The monoisotopic (exact) mass is 921 g/mol. The van der Waals surface area contributed by atoms with Crippen molar-refractivity contribution in [3.63, 3.8) is 0 Å². The number of carbonyl (C=O) groups excluding carboxylic acids is 3. The molecule has 6 heteroatoms. The number of esters is 3. The summed E-state index contributed by atoms with van der Waals surface area (Å²) in [6.07, 6.45) is 69.2. The Kier molecular flexibility index (Phi) is 51.9. The van der Waals surface area contributed by atoms with E-state index in [9.17, 15) is 14.4 Å². The topological polar surface area (TPSA) is 78.9 Å². The minimum Gasteiger partial charge on any atom is -0.462 e. The lowest BCUT2D eigenvalue weighted by atomic mass is 10.0. The molecule has 1 unspecified atom stereocenters. The van der Waals surface area contributed by atoms with Crippen LogP contribution in [0.3, 0.4) is 0 Å². The maximum absolute atomic E-state index is 12.8. The second-order valence-corrected chi connectivity index (χ2v) is 18.5. The second-order valence-electron chi connectivity index (χ2n) is 18.5. The molecule has 0 N–H and O–H groups in total. The molecule has 0 fully saturated rings. The fourth-order valence-corrected chi connectivity index (χ4v) is 7.76. The van der Waals surface area contributed by atoms with E-state index in [0.29, 0.717) is 19.3 Å². The molecule has 0 amide bonds. The molecule has 0 aliphatic carbocycles. The summed E-state index contributed by atoms with van der Waals surface area (Å²) in [5.41, 5.74) is 0. The number of rotatable bonds is 50. The maximum Gasteiger partial charge on any atom is 0.306 e. The SMILES string of the molecule is CC/C=C\C/C=C\C/C=C\C/C=C\CCCCCCCCCCCCCCC(=O)OCC(COC(=O)CCCCCCCC)OC(=O)CCCCCCCCC/C=C\C/C=C\CCCCC. The second kappa shape index (κ2) is 54.5. The summed E-state index contributed by atoms with van der Waals surface area (Å²) in [6.45, 7) is 6.45. The summed E-state index contributed by atoms with van der Waals surface area (Å²) in [5, 5.41) is 0. The Morgan fingerprint density at radius 1 is 0.318 bits per heavy atom. The Bertz CT molecular complexity index is 1240. The molecule has 66 heavy (non-hydrogen) atoms. The molecular formula is C60H104O6. The van der Waals surface area contributed by atoms with Crippen molar-refractivity contribution in [2.45, 2.75) is 277 Å². The van der Waals surface area contributed by atoms with Gasteiger partial charge in [-0.15, -0.1) is 0 Å². The summed E-state index contributed by atoms with van der Waals surface area (Å²) in [4.78, 5) is 37.8. The summed E-state index contributed by atoms with van der Waals surface area (Å²) >= 11 is 0. The van der Waals surface area contributed by atoms with Crippen LogP contribution >= 0.6 is 0 Å². The van der Waals surface area contributed by atoms with Crippen LogP contribution in [0.5, 0.6) is 0 Å². The fraction of sp³-hybridized carbons (Fsp3) is 0.750. The van der Waals surface area contributed by atoms with Gasteiger partial charge in [0.1, 0.15) is 13.2 Å². The van der Waals surface area contributed by atoms with E-state index in [1.54, 1.807) is 0 Å². The van der Waals surface area contributed by atoms with E-state index in [-0.39, 0.29) is 31.1 Å². The molecule has 1 atom stereocenters. The number of hydrogen-bond donors (Lipinski definition) is 0. The standard InChI is InChI=1S/C60H104O6/c1-4-7-10-13-16-18-20-22-24-26-27-28-29-30-31-32-33-35-36-38-40-42-44-47-50-53-59(62)65-56-57(55-64-58(61)52-49-46-15-12-9-6-3)66-60(63)54-51-48-45-43-41-39-37-34-25-23-21-19-17-14-11-8-5-2/h7,10,16-19,22-25,27-28,57H,4-6,8-9,11-15,20-21,26,29-56H2,1-3H3/b10-7-,18-16-,19-17-,24-22-,25-23-,28-27-. The van der Waals surface area contributed by atoms with Crippen molar-refractivity contribution in [1.29, 1.82) is 0 Å². The quantitative estimate of drug-likeness (QED) is 0.0262. The molecule has 0 aliphatic rings. The molecule has 0 aromatic carbocycles. The first kappa shape index (κ1) is 62.8. The first-order chi connectivity index (χ1) is 32.5. The van der Waals surface area contributed by atoms with Crippen LogP contribution in [0.15, 0.2) is 72.9 Å². The van der Waals surface area contributed by atoms with Crippen LogP contribution in [-0.4, -0.2) is 37.2 Å². The number of hydrogen-bond acceptors (Lipinski definition) is 6. The van der Waals surface area contributed by atoms with Crippen molar-refractivity contribution in [2.24, 2.45) is 0 Å². The van der Waals surface area contributed by atoms with E-state index in [1.165, 1.54) is 135 Å². The number of unbranched alkanes of at least 4 members (excludes halogenated alkanes) is 27. The smallest absolute Gasteiger partial charge is 0.306 e. The van der Waals surface area contributed by atoms with E-state index in [2.05, 4.69) is 93.7 Å². The van der Waals surface area contributed by atoms with Crippen LogP contribution in [0.1, 0.15) is 271 Å². The van der Waals surface area contributed by atoms with E-state index in [4.69, 9.17) is 14.2 Å². The van der Waals surface area contributed by atoms with E-state index in [1.807, 2.05) is 0 Å². The van der Waals surface area contributed by atoms with Gasteiger partial charge in [-0.25, -0.2) is 0 Å². The Balaban J connectivity index is 4.13. The van der Waals surface area contributed by atoms with Crippen LogP contribution in [0, 0.1) is 0 Å². The third-order valence-electron chi connectivity index (χ3n) is 11.9. The minimum atomic E-state index is -0.776. The fourth-order valence-electron chi connectivity index (χ4n) is 7.76. The van der Waals surface area contributed by atoms with Crippen molar-refractivity contribution in [1.82, 2.24) is 0 Å². The van der Waals surface area contributed by atoms with Gasteiger partial charge in [0.05, 0.1) is 0 Å². The van der Waals surface area contributed by atoms with Gasteiger partial charge >= 0.3 is 17.9 Å². The van der Waals surface area contributed by atoms with Gasteiger partial charge in [0, 0.05) is 19.3 Å². The lowest BCUT2D eigenvalue weighted by Crippen LogP contribution is -2.30. The molecule has 6 nitrogen and oxygen atoms in total. The van der Waals surface area contributed by atoms with E-state index >= 15 is 0 Å². The highest BCUT2D eigenvalue weighted by Crippen LogP contribution is 2.15. The van der Waals surface area contributed by atoms with Crippen molar-refractivity contribution in [2.75, 3.05) is 13.2 Å². The maximum atomic E-state index is 12.8. The highest BCUT2D eigenvalue weighted by atomic mass is 16.6. The third-order valence-corrected chi connectivity index (χ3v) is 11.9. The zero-order chi connectivity index (χ0) is 47.9. The van der Waals surface area contributed by atoms with Gasteiger partial charge in [0.25, 0.3) is 0 Å². The van der Waals surface area contributed by atoms with Crippen LogP contribution in [-0.2, 0) is 28.6 Å². The summed E-state index contributed by atoms with van der Waals surface area (Å²) in [7, 11) is 0. The third kappa shape index (κ3) is 51.8. The molecule has 0 aromatic heterocycles. The highest BCUT2D eigenvalue weighted by Gasteiger charge is 2.19. The molecule has 0 saturated carbocycles. The predicted molar refractivity (Wildman–Crippen MR) is 284 cm³/mol. The summed E-state index contributed by atoms with van der Waals surface area (Å²) in [6, 6.07) is 0. The molecule has 0 rings (SSSR count). The Labute approximate surface area is 408 Å². The van der Waals surface area contributed by atoms with Gasteiger partial charge in [-0.3, -0.25) is 14.4 Å². The molecule has 0 bridgehead atoms. The van der Waals surface area contributed by atoms with Crippen molar-refractivity contribution in [3.8, 4) is 0 Å². The van der Waals surface area contributed by atoms with Gasteiger partial charge in [-0.2, -0.15) is 0 Å². The highest BCUT2D eigenvalue weighted by molar-refractivity contribution is 5.71. The lowest BCUT2D eigenvalue weighted by molar-refractivity contribution is -0.167. The Morgan fingerprint density at radius 3 is 0.955 bits per heavy atom. The van der Waals surface area contributed by atoms with Crippen LogP contribution in [0.2, 0.25) is 0 Å². The molecule has 0 spiro atoms. The molecule has 0 aromatic rings. The molecule has 0 heterocycles. The lowest BCUT2D eigenvalue weighted by Gasteiger charge is -2.18. The van der Waals surface area contributed by atoms with Crippen molar-refractivity contribution in [3.05, 3.63) is 72.9 Å². The van der Waals surface area contributed by atoms with Gasteiger partial charge in [-0.05, 0) is 89.9 Å². The van der Waals surface area contributed by atoms with Gasteiger partial charge < -0.3 is 14.2 Å². The predicted octanol–water partition coefficient (Wildman–Crippen LogP) is 18.6. The average Bonchev–Trinajstić information content (AvgIpc) is 3.31. The van der Waals surface area contributed by atoms with Crippen LogP contribution in [0.4, 0.5) is 0 Å². The van der Waals surface area contributed by atoms with Gasteiger partial charge in [-0.1, -0.05) is 235 Å². The first-order valence-corrected chi connectivity index (χ1v) is 27.9. The average molecular weight is 921 g/mol. The van der Waals surface area contributed by atoms with Crippen molar-refractivity contribution >= 4 is 17.9 Å². The molecule has 0 radical (unpaired) electrons. The van der Waals surface area contributed by atoms with Crippen LogP contribution < -0.4 is 0 Å². The zero-order valence-corrected chi connectivity index (χ0v) is 43.4. The molecule has 0 aliphatic heterocycles. The Morgan fingerprint density at radius 2 is 0.591 bits per heavy atom. The van der Waals surface area contributed by atoms with Crippen molar-refractivity contribution < 1.29 is 28.6 Å². The van der Waals surface area contributed by atoms with Gasteiger partial charge in [0.2, 0.25) is 0 Å². The van der Waals surface area contributed by atoms with E-state index < -0.39 is 6.10 Å². The Hall–Kier alpha value is -3.15. The minimum absolute atomic E-state index is 0.0781. The van der Waals surface area contributed by atoms with E-state index in [0.717, 1.165) is 96.3 Å². The normalized spacial score (nSPS) is 12.6. The first-order valence-electron chi connectivity index (χ1n) is 27.9.